The Balaban J connectivity index is 1.74. The summed E-state index contributed by atoms with van der Waals surface area (Å²) < 4.78 is 64.9. The van der Waals surface area contributed by atoms with Gasteiger partial charge in [-0.1, -0.05) is 11.6 Å². The van der Waals surface area contributed by atoms with Gasteiger partial charge in [-0.2, -0.15) is 18.3 Å². The molecule has 182 valence electrons. The lowest BCUT2D eigenvalue weighted by Crippen LogP contribution is -2.48. The van der Waals surface area contributed by atoms with Crippen LogP contribution in [0.15, 0.2) is 18.3 Å². The minimum absolute atomic E-state index is 0.00514. The van der Waals surface area contributed by atoms with E-state index in [-0.39, 0.29) is 41.1 Å². The number of nitrogens with zero attached hydrogens (tertiary/aromatic N) is 3. The minimum atomic E-state index is -4.71. The fourth-order valence-corrected chi connectivity index (χ4v) is 3.62. The molecule has 3 heterocycles. The summed E-state index contributed by atoms with van der Waals surface area (Å²) in [6, 6.07) is 1.70. The highest BCUT2D eigenvalue weighted by Crippen LogP contribution is 2.35. The molecule has 2 aromatic heterocycles. The first-order valence-corrected chi connectivity index (χ1v) is 10.1. The highest BCUT2D eigenvalue weighted by atomic mass is 35.5. The summed E-state index contributed by atoms with van der Waals surface area (Å²) in [7, 11) is 1.57. The van der Waals surface area contributed by atoms with Crippen molar-refractivity contribution in [3.63, 3.8) is 0 Å². The topological polar surface area (TPSA) is 114 Å². The largest absolute Gasteiger partial charge is 0.483 e. The lowest BCUT2D eigenvalue weighted by Gasteiger charge is -2.35. The van der Waals surface area contributed by atoms with Crippen molar-refractivity contribution in [1.82, 2.24) is 19.7 Å². The first-order valence-electron chi connectivity index (χ1n) is 9.77. The van der Waals surface area contributed by atoms with Gasteiger partial charge in [0.05, 0.1) is 30.2 Å². The Morgan fingerprint density at radius 1 is 1.41 bits per heavy atom. The first kappa shape index (κ1) is 24.0. The number of aromatic nitrogens is 4. The summed E-state index contributed by atoms with van der Waals surface area (Å²) in [5.41, 5.74) is -1.66. The fraction of sp³-hybridized carbons (Fsp3) is 0.350. The average molecular weight is 504 g/mol. The molecule has 0 atom stereocenters. The molecule has 1 fully saturated rings. The summed E-state index contributed by atoms with van der Waals surface area (Å²) in [5, 5.41) is 19.1. The van der Waals surface area contributed by atoms with Crippen LogP contribution in [0.1, 0.15) is 21.9 Å². The molecule has 0 bridgehead atoms. The molecule has 14 heteroatoms. The number of amides is 1. The summed E-state index contributed by atoms with van der Waals surface area (Å²) >= 11 is 5.92. The molecule has 1 saturated heterocycles. The number of carbonyl (C=O) groups excluding carboxylic acids is 1. The van der Waals surface area contributed by atoms with Crippen LogP contribution in [0.3, 0.4) is 0 Å². The van der Waals surface area contributed by atoms with E-state index in [2.05, 4.69) is 20.5 Å². The Labute approximate surface area is 194 Å². The van der Waals surface area contributed by atoms with Crippen molar-refractivity contribution >= 4 is 23.2 Å². The third-order valence-electron chi connectivity index (χ3n) is 5.10. The lowest BCUT2D eigenvalue weighted by molar-refractivity contribution is -0.190. The number of H-pyrrole nitrogens is 1. The molecule has 0 aliphatic carbocycles. The van der Waals surface area contributed by atoms with Gasteiger partial charge in [-0.25, -0.2) is 9.37 Å². The van der Waals surface area contributed by atoms with E-state index < -0.39 is 41.4 Å². The molecule has 9 nitrogen and oxygen atoms in total. The number of anilines is 1. The zero-order valence-electron chi connectivity index (χ0n) is 17.8. The van der Waals surface area contributed by atoms with Crippen LogP contribution in [-0.4, -0.2) is 56.8 Å². The third kappa shape index (κ3) is 4.58. The van der Waals surface area contributed by atoms with Crippen LogP contribution in [-0.2, 0) is 17.4 Å². The van der Waals surface area contributed by atoms with E-state index in [0.29, 0.717) is 5.69 Å². The number of nitrogens with one attached hydrogen (secondary N) is 2. The Morgan fingerprint density at radius 2 is 2.12 bits per heavy atom. The highest BCUT2D eigenvalue weighted by Gasteiger charge is 2.42. The smallest absolute Gasteiger partial charge is 0.422 e. The van der Waals surface area contributed by atoms with Crippen molar-refractivity contribution in [3.8, 4) is 17.0 Å². The molecular weight excluding hydrogens is 486 g/mol. The molecule has 3 aromatic rings. The van der Waals surface area contributed by atoms with Crippen LogP contribution in [0, 0.1) is 12.7 Å². The maximum atomic E-state index is 15.1. The lowest BCUT2D eigenvalue weighted by atomic mass is 10.0. The zero-order chi connectivity index (χ0) is 24.8. The molecule has 34 heavy (non-hydrogen) atoms. The number of hydrogen-bond acceptors (Lipinski definition) is 6. The molecule has 0 radical (unpaired) electrons. The van der Waals surface area contributed by atoms with Gasteiger partial charge >= 0.3 is 6.18 Å². The Kier molecular flexibility index (Phi) is 6.04. The van der Waals surface area contributed by atoms with E-state index in [0.717, 1.165) is 12.1 Å². The van der Waals surface area contributed by atoms with Crippen molar-refractivity contribution < 1.29 is 36.9 Å². The normalized spacial score (nSPS) is 15.2. The van der Waals surface area contributed by atoms with Crippen LogP contribution in [0.2, 0.25) is 5.15 Å². The number of ether oxygens (including phenoxy) is 2. The molecule has 1 aliphatic rings. The van der Waals surface area contributed by atoms with Crippen molar-refractivity contribution in [2.24, 2.45) is 7.05 Å². The van der Waals surface area contributed by atoms with Crippen LogP contribution in [0.5, 0.6) is 5.75 Å². The SMILES string of the molecule is Cc1n[nH]c(Cl)c1NC(=O)c1cc(F)c(-c2cn(C)c(C3(O)COC3)n2)cc1OCC(F)(F)F. The van der Waals surface area contributed by atoms with Crippen molar-refractivity contribution in [3.05, 3.63) is 46.4 Å². The predicted octanol–water partition coefficient (Wildman–Crippen LogP) is 3.32. The number of carbonyl (C=O) groups is 1. The van der Waals surface area contributed by atoms with Gasteiger partial charge in [0.25, 0.3) is 5.91 Å². The van der Waals surface area contributed by atoms with Gasteiger partial charge < -0.3 is 24.5 Å². The van der Waals surface area contributed by atoms with E-state index in [1.165, 1.54) is 17.7 Å². The summed E-state index contributed by atoms with van der Waals surface area (Å²) in [5.74, 6) is -2.24. The molecule has 4 rings (SSSR count). The van der Waals surface area contributed by atoms with Crippen LogP contribution in [0.25, 0.3) is 11.3 Å². The highest BCUT2D eigenvalue weighted by molar-refractivity contribution is 6.33. The molecule has 1 aliphatic heterocycles. The van der Waals surface area contributed by atoms with Gasteiger partial charge in [-0.05, 0) is 19.1 Å². The zero-order valence-corrected chi connectivity index (χ0v) is 18.5. The van der Waals surface area contributed by atoms with E-state index in [9.17, 15) is 23.1 Å². The quantitative estimate of drug-likeness (QED) is 0.445. The number of aliphatic hydroxyl groups is 1. The van der Waals surface area contributed by atoms with Crippen molar-refractivity contribution in [1.29, 1.82) is 0 Å². The second kappa shape index (κ2) is 8.56. The number of halogens is 5. The molecule has 1 amide bonds. The van der Waals surface area contributed by atoms with Crippen LogP contribution < -0.4 is 10.1 Å². The standard InChI is InChI=1S/C20H18ClF4N5O4/c1-9-15(16(21)29-28-9)27-17(31)11-3-12(22)10(4-14(11)34-8-20(23,24)25)13-5-30(2)18(26-13)19(32)6-33-7-19/h3-5,32H,6-8H2,1-2H3,(H,27,31)(H,28,29). The predicted molar refractivity (Wildman–Crippen MR) is 111 cm³/mol. The van der Waals surface area contributed by atoms with Gasteiger partial charge in [0, 0.05) is 18.8 Å². The minimum Gasteiger partial charge on any atom is -0.483 e. The number of aryl methyl sites for hydroxylation is 2. The Bertz CT molecular complexity index is 1230. The molecule has 3 N–H and O–H groups in total. The third-order valence-corrected chi connectivity index (χ3v) is 5.37. The van der Waals surface area contributed by atoms with Crippen molar-refractivity contribution in [2.45, 2.75) is 18.7 Å². The second-order valence-electron chi connectivity index (χ2n) is 7.77. The molecular formula is C20H18ClF4N5O4. The van der Waals surface area contributed by atoms with E-state index in [1.807, 2.05) is 0 Å². The maximum Gasteiger partial charge on any atom is 0.422 e. The van der Waals surface area contributed by atoms with Gasteiger partial charge in [0.15, 0.2) is 12.2 Å². The fourth-order valence-electron chi connectivity index (χ4n) is 3.39. The van der Waals surface area contributed by atoms with Gasteiger partial charge in [0.2, 0.25) is 0 Å². The number of hydrogen-bond donors (Lipinski definition) is 3. The number of rotatable bonds is 6. The molecule has 0 unspecified atom stereocenters. The molecule has 1 aromatic carbocycles. The number of imidazole rings is 1. The van der Waals surface area contributed by atoms with Crippen LogP contribution >= 0.6 is 11.6 Å². The van der Waals surface area contributed by atoms with E-state index in [1.54, 1.807) is 7.05 Å². The monoisotopic (exact) mass is 503 g/mol. The Hall–Kier alpha value is -3.16. The second-order valence-corrected chi connectivity index (χ2v) is 8.15. The first-order chi connectivity index (χ1) is 15.9. The van der Waals surface area contributed by atoms with E-state index >= 15 is 4.39 Å². The van der Waals surface area contributed by atoms with Gasteiger partial charge in [-0.15, -0.1) is 0 Å². The average Bonchev–Trinajstić information content (AvgIpc) is 3.27. The summed E-state index contributed by atoms with van der Waals surface area (Å²) in [4.78, 5) is 17.0. The molecule has 0 saturated carbocycles. The van der Waals surface area contributed by atoms with Gasteiger partial charge in [0.1, 0.15) is 28.2 Å². The number of alkyl halides is 3. The summed E-state index contributed by atoms with van der Waals surface area (Å²) in [6.07, 6.45) is -3.32. The number of benzene rings is 1. The van der Waals surface area contributed by atoms with Crippen molar-refractivity contribution in [2.75, 3.05) is 25.1 Å². The summed E-state index contributed by atoms with van der Waals surface area (Å²) in [6.45, 7) is -0.194. The maximum absolute atomic E-state index is 15.1. The van der Waals surface area contributed by atoms with E-state index in [4.69, 9.17) is 21.1 Å². The number of aromatic amines is 1. The van der Waals surface area contributed by atoms with Crippen LogP contribution in [0.4, 0.5) is 23.2 Å². The Morgan fingerprint density at radius 3 is 2.68 bits per heavy atom. The van der Waals surface area contributed by atoms with Gasteiger partial charge in [-0.3, -0.25) is 9.89 Å². The molecule has 0 spiro atoms.